The summed E-state index contributed by atoms with van der Waals surface area (Å²) in [7, 11) is 1.96. The first-order chi connectivity index (χ1) is 8.75. The lowest BCUT2D eigenvalue weighted by Gasteiger charge is -2.46. The number of hydrogen-bond donors (Lipinski definition) is 1. The molecule has 1 unspecified atom stereocenters. The summed E-state index contributed by atoms with van der Waals surface area (Å²) in [6.45, 7) is 5.11. The molecule has 2 aliphatic heterocycles. The fourth-order valence-electron chi connectivity index (χ4n) is 3.92. The van der Waals surface area contributed by atoms with Gasteiger partial charge in [-0.05, 0) is 39.3 Å². The van der Waals surface area contributed by atoms with Gasteiger partial charge in [-0.2, -0.15) is 0 Å². The van der Waals surface area contributed by atoms with Crippen LogP contribution in [0.4, 0.5) is 0 Å². The lowest BCUT2D eigenvalue weighted by atomic mass is 9.67. The van der Waals surface area contributed by atoms with E-state index in [0.29, 0.717) is 11.9 Å². The van der Waals surface area contributed by atoms with E-state index in [1.54, 1.807) is 0 Å². The maximum atomic E-state index is 12.7. The molecule has 0 aromatic rings. The van der Waals surface area contributed by atoms with Gasteiger partial charge in [0.2, 0.25) is 5.91 Å². The van der Waals surface area contributed by atoms with Crippen LogP contribution >= 0.6 is 0 Å². The highest BCUT2D eigenvalue weighted by Gasteiger charge is 2.47. The molecule has 3 rings (SSSR count). The molecule has 0 bridgehead atoms. The summed E-state index contributed by atoms with van der Waals surface area (Å²) in [6.07, 6.45) is 5.98. The van der Waals surface area contributed by atoms with Crippen LogP contribution in [0, 0.1) is 5.41 Å². The van der Waals surface area contributed by atoms with E-state index < -0.39 is 0 Å². The number of carbonyl (C=O) groups excluding carboxylic acids is 1. The molecule has 102 valence electrons. The van der Waals surface area contributed by atoms with Crippen molar-refractivity contribution in [2.24, 2.45) is 5.41 Å². The molecular formula is C14H25N3O. The maximum absolute atomic E-state index is 12.7. The second-order valence-corrected chi connectivity index (χ2v) is 6.25. The Morgan fingerprint density at radius 3 is 2.78 bits per heavy atom. The molecule has 0 aromatic carbocycles. The summed E-state index contributed by atoms with van der Waals surface area (Å²) >= 11 is 0. The molecule has 1 N–H and O–H groups in total. The normalized spacial score (nSPS) is 30.9. The molecule has 0 aromatic heterocycles. The summed E-state index contributed by atoms with van der Waals surface area (Å²) in [5.41, 5.74) is -0.0600. The minimum atomic E-state index is -0.0600. The van der Waals surface area contributed by atoms with E-state index in [9.17, 15) is 4.79 Å². The van der Waals surface area contributed by atoms with Crippen molar-refractivity contribution in [1.29, 1.82) is 0 Å². The molecule has 2 heterocycles. The summed E-state index contributed by atoms with van der Waals surface area (Å²) in [6, 6.07) is 0.648. The highest BCUT2D eigenvalue weighted by Crippen LogP contribution is 2.42. The third kappa shape index (κ3) is 1.95. The monoisotopic (exact) mass is 251 g/mol. The first-order valence-corrected chi connectivity index (χ1v) is 7.43. The minimum absolute atomic E-state index is 0.0600. The van der Waals surface area contributed by atoms with Crippen LogP contribution < -0.4 is 5.32 Å². The van der Waals surface area contributed by atoms with Crippen LogP contribution in [0.5, 0.6) is 0 Å². The van der Waals surface area contributed by atoms with Gasteiger partial charge in [0.15, 0.2) is 0 Å². The van der Waals surface area contributed by atoms with E-state index in [0.717, 1.165) is 39.0 Å². The first kappa shape index (κ1) is 12.4. The molecule has 2 saturated heterocycles. The molecule has 18 heavy (non-hydrogen) atoms. The Morgan fingerprint density at radius 1 is 1.28 bits per heavy atom. The van der Waals surface area contributed by atoms with Crippen LogP contribution in [0.2, 0.25) is 0 Å². The number of hydrogen-bond acceptors (Lipinski definition) is 3. The second-order valence-electron chi connectivity index (χ2n) is 6.25. The van der Waals surface area contributed by atoms with Crippen molar-refractivity contribution in [2.45, 2.75) is 38.1 Å². The van der Waals surface area contributed by atoms with Gasteiger partial charge in [-0.1, -0.05) is 6.42 Å². The third-order valence-corrected chi connectivity index (χ3v) is 5.15. The van der Waals surface area contributed by atoms with Gasteiger partial charge in [-0.3, -0.25) is 9.69 Å². The summed E-state index contributed by atoms with van der Waals surface area (Å²) < 4.78 is 0. The summed E-state index contributed by atoms with van der Waals surface area (Å²) in [4.78, 5) is 17.5. The quantitative estimate of drug-likeness (QED) is 0.801. The lowest BCUT2D eigenvalue weighted by molar-refractivity contribution is -0.149. The fourth-order valence-corrected chi connectivity index (χ4v) is 3.92. The summed E-state index contributed by atoms with van der Waals surface area (Å²) in [5, 5.41) is 3.22. The van der Waals surface area contributed by atoms with Crippen molar-refractivity contribution in [3.8, 4) is 0 Å². The number of rotatable bonds is 3. The average molecular weight is 251 g/mol. The molecule has 1 saturated carbocycles. The van der Waals surface area contributed by atoms with E-state index in [1.807, 2.05) is 7.05 Å². The largest absolute Gasteiger partial charge is 0.339 e. The standard InChI is InChI=1S/C14H25N3O/c1-15-11-14(5-3-6-14)13(18)17-9-8-16-7-2-4-12(16)10-17/h12,15H,2-11H2,1H3. The predicted molar refractivity (Wildman–Crippen MR) is 71.4 cm³/mol. The molecule has 3 fully saturated rings. The molecule has 0 radical (unpaired) electrons. The number of nitrogens with one attached hydrogen (secondary N) is 1. The zero-order valence-corrected chi connectivity index (χ0v) is 11.5. The number of carbonyl (C=O) groups is 1. The molecule has 1 amide bonds. The Morgan fingerprint density at radius 2 is 2.11 bits per heavy atom. The number of nitrogens with zero attached hydrogens (tertiary/aromatic N) is 2. The summed E-state index contributed by atoms with van der Waals surface area (Å²) in [5.74, 6) is 0.426. The SMILES string of the molecule is CNCC1(C(=O)N2CCN3CCCC3C2)CCC1. The van der Waals surface area contributed by atoms with Gasteiger partial charge < -0.3 is 10.2 Å². The van der Waals surface area contributed by atoms with E-state index in [1.165, 1.54) is 25.8 Å². The maximum Gasteiger partial charge on any atom is 0.230 e. The Labute approximate surface area is 110 Å². The van der Waals surface area contributed by atoms with Gasteiger partial charge in [-0.25, -0.2) is 0 Å². The Bertz CT molecular complexity index is 327. The third-order valence-electron chi connectivity index (χ3n) is 5.15. The molecule has 0 spiro atoms. The molecule has 4 nitrogen and oxygen atoms in total. The van der Waals surface area contributed by atoms with Crippen molar-refractivity contribution in [3.05, 3.63) is 0 Å². The molecule has 3 aliphatic rings. The molecule has 1 atom stereocenters. The van der Waals surface area contributed by atoms with Gasteiger partial charge >= 0.3 is 0 Å². The van der Waals surface area contributed by atoms with E-state index in [-0.39, 0.29) is 5.41 Å². The van der Waals surface area contributed by atoms with Crippen LogP contribution in [0.1, 0.15) is 32.1 Å². The van der Waals surface area contributed by atoms with E-state index in [2.05, 4.69) is 15.1 Å². The van der Waals surface area contributed by atoms with Crippen molar-refractivity contribution >= 4 is 5.91 Å². The molecule has 1 aliphatic carbocycles. The van der Waals surface area contributed by atoms with Gasteiger partial charge in [0.25, 0.3) is 0 Å². The van der Waals surface area contributed by atoms with Crippen molar-refractivity contribution in [1.82, 2.24) is 15.1 Å². The average Bonchev–Trinajstić information content (AvgIpc) is 2.80. The number of piperazine rings is 1. The van der Waals surface area contributed by atoms with E-state index >= 15 is 0 Å². The van der Waals surface area contributed by atoms with Gasteiger partial charge in [0.1, 0.15) is 0 Å². The van der Waals surface area contributed by atoms with Gasteiger partial charge in [0.05, 0.1) is 5.41 Å². The minimum Gasteiger partial charge on any atom is -0.339 e. The number of fused-ring (bicyclic) bond motifs is 1. The fraction of sp³-hybridized carbons (Fsp3) is 0.929. The van der Waals surface area contributed by atoms with Gasteiger partial charge in [-0.15, -0.1) is 0 Å². The van der Waals surface area contributed by atoms with Crippen molar-refractivity contribution in [2.75, 3.05) is 39.8 Å². The predicted octanol–water partition coefficient (Wildman–Crippen LogP) is 0.683. The number of amides is 1. The zero-order valence-electron chi connectivity index (χ0n) is 11.5. The van der Waals surface area contributed by atoms with E-state index in [4.69, 9.17) is 0 Å². The van der Waals surface area contributed by atoms with Crippen molar-refractivity contribution in [3.63, 3.8) is 0 Å². The highest BCUT2D eigenvalue weighted by atomic mass is 16.2. The molecule has 4 heteroatoms. The van der Waals surface area contributed by atoms with Gasteiger partial charge in [0, 0.05) is 32.2 Å². The van der Waals surface area contributed by atoms with Crippen LogP contribution in [-0.2, 0) is 4.79 Å². The Kier molecular flexibility index (Phi) is 3.32. The van der Waals surface area contributed by atoms with Crippen LogP contribution in [0.3, 0.4) is 0 Å². The van der Waals surface area contributed by atoms with Crippen LogP contribution in [-0.4, -0.2) is 61.5 Å². The Balaban J connectivity index is 1.65. The van der Waals surface area contributed by atoms with Crippen LogP contribution in [0.15, 0.2) is 0 Å². The topological polar surface area (TPSA) is 35.6 Å². The Hall–Kier alpha value is -0.610. The van der Waals surface area contributed by atoms with Crippen molar-refractivity contribution < 1.29 is 4.79 Å². The highest BCUT2D eigenvalue weighted by molar-refractivity contribution is 5.84. The second kappa shape index (κ2) is 4.82. The first-order valence-electron chi connectivity index (χ1n) is 7.43. The lowest BCUT2D eigenvalue weighted by Crippen LogP contribution is -2.59. The smallest absolute Gasteiger partial charge is 0.230 e. The zero-order chi connectivity index (χ0) is 12.6. The molecular weight excluding hydrogens is 226 g/mol. The van der Waals surface area contributed by atoms with Crippen LogP contribution in [0.25, 0.3) is 0 Å².